The second-order valence-corrected chi connectivity index (χ2v) is 4.73. The van der Waals surface area contributed by atoms with Gasteiger partial charge in [-0.2, -0.15) is 0 Å². The topological polar surface area (TPSA) is 33.9 Å². The lowest BCUT2D eigenvalue weighted by Gasteiger charge is -2.26. The molecule has 1 aromatic carbocycles. The number of nitrogens with one attached hydrogen (secondary N) is 1. The van der Waals surface area contributed by atoms with Crippen molar-refractivity contribution in [3.05, 3.63) is 29.8 Å². The van der Waals surface area contributed by atoms with Crippen LogP contribution in [0.2, 0.25) is 0 Å². The van der Waals surface area contributed by atoms with Crippen molar-refractivity contribution in [3.63, 3.8) is 0 Å². The van der Waals surface area contributed by atoms with Gasteiger partial charge in [0.1, 0.15) is 12.3 Å². The first-order valence-electron chi connectivity index (χ1n) is 6.51. The zero-order chi connectivity index (χ0) is 12.1. The van der Waals surface area contributed by atoms with Crippen LogP contribution in [0, 0.1) is 0 Å². The molecule has 0 bridgehead atoms. The van der Waals surface area contributed by atoms with Crippen molar-refractivity contribution in [3.8, 4) is 5.75 Å². The highest BCUT2D eigenvalue weighted by atomic mass is 16.5. The molecule has 1 aliphatic heterocycles. The van der Waals surface area contributed by atoms with Crippen LogP contribution in [0.1, 0.15) is 25.3 Å². The van der Waals surface area contributed by atoms with Gasteiger partial charge in [-0.15, -0.1) is 0 Å². The summed E-state index contributed by atoms with van der Waals surface area (Å²) in [7, 11) is 0. The Morgan fingerprint density at radius 3 is 2.47 bits per heavy atom. The highest BCUT2D eigenvalue weighted by Gasteiger charge is 2.19. The lowest BCUT2D eigenvalue weighted by atomic mass is 10.1. The van der Waals surface area contributed by atoms with E-state index in [4.69, 9.17) is 4.74 Å². The molecule has 0 unspecified atom stereocenters. The first kappa shape index (κ1) is 12.4. The minimum atomic E-state index is -0.0703. The lowest BCUT2D eigenvalue weighted by molar-refractivity contribution is -0.919. The van der Waals surface area contributed by atoms with Crippen LogP contribution >= 0.6 is 0 Å². The van der Waals surface area contributed by atoms with Gasteiger partial charge in [-0.25, -0.2) is 0 Å². The maximum Gasteiger partial charge on any atom is 0.119 e. The predicted molar refractivity (Wildman–Crippen MR) is 67.3 cm³/mol. The normalized spacial score (nSPS) is 24.6. The van der Waals surface area contributed by atoms with E-state index in [0.29, 0.717) is 6.61 Å². The zero-order valence-corrected chi connectivity index (χ0v) is 10.5. The fourth-order valence-electron chi connectivity index (χ4n) is 2.35. The molecule has 3 nitrogen and oxygen atoms in total. The molecule has 17 heavy (non-hydrogen) atoms. The van der Waals surface area contributed by atoms with E-state index >= 15 is 0 Å². The molecular formula is C14H22NO2+. The number of ether oxygens (including phenoxy) is 1. The molecule has 2 rings (SSSR count). The maximum atomic E-state index is 9.46. The van der Waals surface area contributed by atoms with Crippen LogP contribution in [-0.4, -0.2) is 30.9 Å². The third kappa shape index (κ3) is 3.72. The van der Waals surface area contributed by atoms with E-state index in [9.17, 15) is 5.11 Å². The second-order valence-electron chi connectivity index (χ2n) is 4.73. The predicted octanol–water partition coefficient (Wildman–Crippen LogP) is 0.625. The van der Waals surface area contributed by atoms with Crippen LogP contribution in [0.25, 0.3) is 0 Å². The van der Waals surface area contributed by atoms with E-state index in [1.165, 1.54) is 5.56 Å². The molecule has 0 aliphatic carbocycles. The molecule has 0 radical (unpaired) electrons. The molecule has 0 aromatic heterocycles. The van der Waals surface area contributed by atoms with Crippen LogP contribution < -0.4 is 9.64 Å². The summed E-state index contributed by atoms with van der Waals surface area (Å²) >= 11 is 0. The smallest absolute Gasteiger partial charge is 0.119 e. The van der Waals surface area contributed by atoms with E-state index < -0.39 is 0 Å². The first-order valence-corrected chi connectivity index (χ1v) is 6.51. The standard InChI is InChI=1S/C14H21NO2/c1-2-17-14-5-3-12(4-6-14)11-15-9-7-13(16)8-10-15/h3-6,13,16H,2,7-11H2,1H3/p+1. The van der Waals surface area contributed by atoms with Crippen molar-refractivity contribution >= 4 is 0 Å². The monoisotopic (exact) mass is 236 g/mol. The molecule has 2 N–H and O–H groups in total. The number of likely N-dealkylation sites (tertiary alicyclic amines) is 1. The molecule has 1 fully saturated rings. The molecule has 94 valence electrons. The molecule has 0 amide bonds. The maximum absolute atomic E-state index is 9.46. The van der Waals surface area contributed by atoms with Crippen molar-refractivity contribution in [2.75, 3.05) is 19.7 Å². The van der Waals surface area contributed by atoms with Gasteiger partial charge in [0, 0.05) is 18.4 Å². The van der Waals surface area contributed by atoms with Crippen LogP contribution in [0.3, 0.4) is 0 Å². The summed E-state index contributed by atoms with van der Waals surface area (Å²) in [6.07, 6.45) is 1.80. The Morgan fingerprint density at radius 1 is 1.24 bits per heavy atom. The molecule has 1 aliphatic rings. The number of quaternary nitrogens is 1. The Morgan fingerprint density at radius 2 is 1.88 bits per heavy atom. The molecule has 0 saturated carbocycles. The molecule has 0 atom stereocenters. The minimum Gasteiger partial charge on any atom is -0.494 e. The first-order chi connectivity index (χ1) is 8.28. The molecule has 0 spiro atoms. The molecule has 1 saturated heterocycles. The Labute approximate surface area is 103 Å². The number of piperidine rings is 1. The quantitative estimate of drug-likeness (QED) is 0.804. The average molecular weight is 236 g/mol. The van der Waals surface area contributed by atoms with E-state index in [1.54, 1.807) is 4.90 Å². The zero-order valence-electron chi connectivity index (χ0n) is 10.5. The van der Waals surface area contributed by atoms with Gasteiger partial charge in [-0.05, 0) is 31.2 Å². The number of hydrogen-bond donors (Lipinski definition) is 2. The Hall–Kier alpha value is -1.06. The summed E-state index contributed by atoms with van der Waals surface area (Å²) in [6, 6.07) is 8.36. The van der Waals surface area contributed by atoms with E-state index in [1.807, 2.05) is 19.1 Å². The van der Waals surface area contributed by atoms with Gasteiger partial charge in [-0.1, -0.05) is 0 Å². The number of aliphatic hydroxyl groups excluding tert-OH is 1. The fraction of sp³-hybridized carbons (Fsp3) is 0.571. The van der Waals surface area contributed by atoms with E-state index in [0.717, 1.165) is 38.2 Å². The molecule has 1 heterocycles. The molecular weight excluding hydrogens is 214 g/mol. The van der Waals surface area contributed by atoms with Gasteiger partial charge in [0.2, 0.25) is 0 Å². The number of benzene rings is 1. The molecule has 1 aromatic rings. The number of hydrogen-bond acceptors (Lipinski definition) is 2. The highest BCUT2D eigenvalue weighted by Crippen LogP contribution is 2.11. The lowest BCUT2D eigenvalue weighted by Crippen LogP contribution is -3.12. The van der Waals surface area contributed by atoms with Gasteiger partial charge in [-0.3, -0.25) is 0 Å². The van der Waals surface area contributed by atoms with Crippen LogP contribution in [0.5, 0.6) is 5.75 Å². The second kappa shape index (κ2) is 6.03. The van der Waals surface area contributed by atoms with E-state index in [2.05, 4.69) is 12.1 Å². The van der Waals surface area contributed by atoms with Gasteiger partial charge in [0.15, 0.2) is 0 Å². The SMILES string of the molecule is CCOc1ccc(C[NH+]2CCC(O)CC2)cc1. The van der Waals surface area contributed by atoms with Gasteiger partial charge in [0.25, 0.3) is 0 Å². The Bertz CT molecular complexity index is 329. The van der Waals surface area contributed by atoms with Crippen molar-refractivity contribution in [2.45, 2.75) is 32.4 Å². The van der Waals surface area contributed by atoms with Crippen LogP contribution in [0.4, 0.5) is 0 Å². The van der Waals surface area contributed by atoms with Crippen LogP contribution in [0.15, 0.2) is 24.3 Å². The highest BCUT2D eigenvalue weighted by molar-refractivity contribution is 5.26. The minimum absolute atomic E-state index is 0.0703. The third-order valence-corrected chi connectivity index (χ3v) is 3.35. The van der Waals surface area contributed by atoms with Gasteiger partial charge < -0.3 is 14.7 Å². The molecule has 3 heteroatoms. The number of aliphatic hydroxyl groups is 1. The summed E-state index contributed by atoms with van der Waals surface area (Å²) < 4.78 is 5.43. The largest absolute Gasteiger partial charge is 0.494 e. The van der Waals surface area contributed by atoms with Crippen molar-refractivity contribution < 1.29 is 14.7 Å². The van der Waals surface area contributed by atoms with Crippen LogP contribution in [-0.2, 0) is 6.54 Å². The Kier molecular flexibility index (Phi) is 4.40. The van der Waals surface area contributed by atoms with Crippen molar-refractivity contribution in [1.82, 2.24) is 0 Å². The fourth-order valence-corrected chi connectivity index (χ4v) is 2.35. The summed E-state index contributed by atoms with van der Waals surface area (Å²) in [4.78, 5) is 1.57. The summed E-state index contributed by atoms with van der Waals surface area (Å²) in [5.41, 5.74) is 1.35. The summed E-state index contributed by atoms with van der Waals surface area (Å²) in [5.74, 6) is 0.945. The van der Waals surface area contributed by atoms with E-state index in [-0.39, 0.29) is 6.10 Å². The average Bonchev–Trinajstić information content (AvgIpc) is 2.35. The van der Waals surface area contributed by atoms with Crippen molar-refractivity contribution in [2.24, 2.45) is 0 Å². The van der Waals surface area contributed by atoms with Gasteiger partial charge >= 0.3 is 0 Å². The van der Waals surface area contributed by atoms with Crippen molar-refractivity contribution in [1.29, 1.82) is 0 Å². The summed E-state index contributed by atoms with van der Waals surface area (Å²) in [5, 5.41) is 9.46. The van der Waals surface area contributed by atoms with Gasteiger partial charge in [0.05, 0.1) is 25.8 Å². The third-order valence-electron chi connectivity index (χ3n) is 3.35. The number of rotatable bonds is 4. The summed E-state index contributed by atoms with van der Waals surface area (Å²) in [6.45, 7) is 5.92. The Balaban J connectivity index is 1.86.